The van der Waals surface area contributed by atoms with Gasteiger partial charge in [-0.2, -0.15) is 0 Å². The Balaban J connectivity index is 2.09. The number of nitrogens with zero attached hydrogens (tertiary/aromatic N) is 2. The SMILES string of the molecule is CCCN(C(=O)c1ccon1)C1CCNC1. The van der Waals surface area contributed by atoms with E-state index in [0.29, 0.717) is 11.7 Å². The number of amides is 1. The lowest BCUT2D eigenvalue weighted by molar-refractivity contribution is 0.0681. The van der Waals surface area contributed by atoms with Crippen molar-refractivity contribution in [2.24, 2.45) is 0 Å². The molecule has 16 heavy (non-hydrogen) atoms. The summed E-state index contributed by atoms with van der Waals surface area (Å²) in [5.41, 5.74) is 0.403. The Labute approximate surface area is 94.8 Å². The molecule has 1 aliphatic rings. The highest BCUT2D eigenvalue weighted by molar-refractivity contribution is 5.92. The highest BCUT2D eigenvalue weighted by Gasteiger charge is 2.27. The Morgan fingerprint density at radius 2 is 2.62 bits per heavy atom. The summed E-state index contributed by atoms with van der Waals surface area (Å²) in [5.74, 6) is -0.0238. The van der Waals surface area contributed by atoms with Gasteiger partial charge in [0.05, 0.1) is 0 Å². The monoisotopic (exact) mass is 223 g/mol. The van der Waals surface area contributed by atoms with Crippen LogP contribution in [0.15, 0.2) is 16.9 Å². The maximum Gasteiger partial charge on any atom is 0.276 e. The van der Waals surface area contributed by atoms with Gasteiger partial charge in [0, 0.05) is 25.2 Å². The summed E-state index contributed by atoms with van der Waals surface area (Å²) in [6.45, 7) is 4.71. The van der Waals surface area contributed by atoms with Gasteiger partial charge in [0.25, 0.3) is 5.91 Å². The van der Waals surface area contributed by atoms with Gasteiger partial charge in [-0.25, -0.2) is 0 Å². The van der Waals surface area contributed by atoms with Crippen LogP contribution >= 0.6 is 0 Å². The lowest BCUT2D eigenvalue weighted by atomic mass is 10.2. The Bertz CT molecular complexity index is 331. The minimum atomic E-state index is -0.0238. The van der Waals surface area contributed by atoms with Crippen LogP contribution in [0.2, 0.25) is 0 Å². The summed E-state index contributed by atoms with van der Waals surface area (Å²) in [5, 5.41) is 6.98. The molecule has 1 amide bonds. The van der Waals surface area contributed by atoms with Crippen molar-refractivity contribution >= 4 is 5.91 Å². The maximum atomic E-state index is 12.2. The lowest BCUT2D eigenvalue weighted by Gasteiger charge is -2.27. The number of nitrogens with one attached hydrogen (secondary N) is 1. The van der Waals surface area contributed by atoms with E-state index in [0.717, 1.165) is 32.5 Å². The molecule has 5 nitrogen and oxygen atoms in total. The first kappa shape index (κ1) is 11.1. The van der Waals surface area contributed by atoms with Crippen LogP contribution in [0.1, 0.15) is 30.3 Å². The fourth-order valence-electron chi connectivity index (χ4n) is 2.07. The average Bonchev–Trinajstić information content (AvgIpc) is 2.96. The average molecular weight is 223 g/mol. The van der Waals surface area contributed by atoms with Crippen molar-refractivity contribution in [3.05, 3.63) is 18.0 Å². The van der Waals surface area contributed by atoms with Gasteiger partial charge in [0.15, 0.2) is 5.69 Å². The second-order valence-corrected chi connectivity index (χ2v) is 4.03. The molecule has 1 atom stereocenters. The molecular formula is C11H17N3O2. The van der Waals surface area contributed by atoms with E-state index in [-0.39, 0.29) is 5.91 Å². The van der Waals surface area contributed by atoms with Gasteiger partial charge in [0.1, 0.15) is 6.26 Å². The molecule has 0 aliphatic carbocycles. The zero-order valence-electron chi connectivity index (χ0n) is 9.48. The minimum absolute atomic E-state index is 0.0238. The van der Waals surface area contributed by atoms with Crippen molar-refractivity contribution in [3.63, 3.8) is 0 Å². The molecule has 2 rings (SSSR count). The second-order valence-electron chi connectivity index (χ2n) is 4.03. The Hall–Kier alpha value is -1.36. The van der Waals surface area contributed by atoms with Crippen molar-refractivity contribution < 1.29 is 9.32 Å². The molecule has 1 N–H and O–H groups in total. The predicted octanol–water partition coefficient (Wildman–Crippen LogP) is 0.889. The van der Waals surface area contributed by atoms with E-state index >= 15 is 0 Å². The number of aromatic nitrogens is 1. The largest absolute Gasteiger partial charge is 0.364 e. The molecule has 0 bridgehead atoms. The van der Waals surface area contributed by atoms with Crippen molar-refractivity contribution in [2.75, 3.05) is 19.6 Å². The van der Waals surface area contributed by atoms with Crippen molar-refractivity contribution in [1.29, 1.82) is 0 Å². The first-order chi connectivity index (χ1) is 7.83. The molecule has 1 aromatic rings. The molecule has 1 saturated heterocycles. The van der Waals surface area contributed by atoms with Crippen LogP contribution in [0.3, 0.4) is 0 Å². The summed E-state index contributed by atoms with van der Waals surface area (Å²) in [6.07, 6.45) is 3.41. The molecule has 88 valence electrons. The predicted molar refractivity (Wildman–Crippen MR) is 59.1 cm³/mol. The Morgan fingerprint density at radius 3 is 3.19 bits per heavy atom. The molecule has 0 radical (unpaired) electrons. The number of carbonyl (C=O) groups excluding carboxylic acids is 1. The third-order valence-corrected chi connectivity index (χ3v) is 2.86. The van der Waals surface area contributed by atoms with Gasteiger partial charge < -0.3 is 14.7 Å². The van der Waals surface area contributed by atoms with Crippen molar-refractivity contribution in [2.45, 2.75) is 25.8 Å². The molecule has 1 aromatic heterocycles. The van der Waals surface area contributed by atoms with Gasteiger partial charge in [0.2, 0.25) is 0 Å². The fourth-order valence-corrected chi connectivity index (χ4v) is 2.07. The normalized spacial score (nSPS) is 19.9. The minimum Gasteiger partial charge on any atom is -0.364 e. The van der Waals surface area contributed by atoms with E-state index in [1.54, 1.807) is 6.07 Å². The van der Waals surface area contributed by atoms with E-state index < -0.39 is 0 Å². The van der Waals surface area contributed by atoms with E-state index in [1.165, 1.54) is 6.26 Å². The summed E-state index contributed by atoms with van der Waals surface area (Å²) >= 11 is 0. The zero-order valence-corrected chi connectivity index (χ0v) is 9.48. The Morgan fingerprint density at radius 1 is 1.75 bits per heavy atom. The number of carbonyl (C=O) groups is 1. The van der Waals surface area contributed by atoms with E-state index in [2.05, 4.69) is 17.4 Å². The molecular weight excluding hydrogens is 206 g/mol. The highest BCUT2D eigenvalue weighted by atomic mass is 16.5. The number of hydrogen-bond acceptors (Lipinski definition) is 4. The number of hydrogen-bond donors (Lipinski definition) is 1. The van der Waals surface area contributed by atoms with Gasteiger partial charge >= 0.3 is 0 Å². The fraction of sp³-hybridized carbons (Fsp3) is 0.636. The van der Waals surface area contributed by atoms with E-state index in [1.807, 2.05) is 4.90 Å². The van der Waals surface area contributed by atoms with Crippen LogP contribution in [0.4, 0.5) is 0 Å². The van der Waals surface area contributed by atoms with E-state index in [4.69, 9.17) is 4.52 Å². The highest BCUT2D eigenvalue weighted by Crippen LogP contribution is 2.13. The topological polar surface area (TPSA) is 58.4 Å². The lowest BCUT2D eigenvalue weighted by Crippen LogP contribution is -2.42. The number of rotatable bonds is 4. The van der Waals surface area contributed by atoms with Gasteiger partial charge in [-0.05, 0) is 19.4 Å². The third kappa shape index (κ3) is 2.24. The van der Waals surface area contributed by atoms with Crippen molar-refractivity contribution in [3.8, 4) is 0 Å². The first-order valence-corrected chi connectivity index (χ1v) is 5.75. The van der Waals surface area contributed by atoms with Crippen LogP contribution in [-0.2, 0) is 0 Å². The standard InChI is InChI=1S/C11H17N3O2/c1-2-6-14(9-3-5-12-8-9)11(15)10-4-7-16-13-10/h4,7,9,12H,2-3,5-6,8H2,1H3. The van der Waals surface area contributed by atoms with Crippen LogP contribution in [0.25, 0.3) is 0 Å². The van der Waals surface area contributed by atoms with Gasteiger partial charge in [-0.15, -0.1) is 0 Å². The molecule has 0 aromatic carbocycles. The quantitative estimate of drug-likeness (QED) is 0.823. The second kappa shape index (κ2) is 5.12. The molecule has 1 aliphatic heterocycles. The molecule has 0 spiro atoms. The van der Waals surface area contributed by atoms with Crippen LogP contribution in [0, 0.1) is 0 Å². The summed E-state index contributed by atoms with van der Waals surface area (Å²) in [6, 6.07) is 1.91. The maximum absolute atomic E-state index is 12.2. The molecule has 1 unspecified atom stereocenters. The van der Waals surface area contributed by atoms with Gasteiger partial charge in [-0.1, -0.05) is 12.1 Å². The van der Waals surface area contributed by atoms with Crippen LogP contribution < -0.4 is 5.32 Å². The summed E-state index contributed by atoms with van der Waals surface area (Å²) < 4.78 is 4.71. The molecule has 0 saturated carbocycles. The zero-order chi connectivity index (χ0) is 11.4. The summed E-state index contributed by atoms with van der Waals surface area (Å²) in [4.78, 5) is 14.1. The Kier molecular flexibility index (Phi) is 3.56. The van der Waals surface area contributed by atoms with E-state index in [9.17, 15) is 4.79 Å². The molecule has 1 fully saturated rings. The van der Waals surface area contributed by atoms with Crippen LogP contribution in [-0.4, -0.2) is 41.6 Å². The van der Waals surface area contributed by atoms with Gasteiger partial charge in [-0.3, -0.25) is 4.79 Å². The molecule has 2 heterocycles. The summed E-state index contributed by atoms with van der Waals surface area (Å²) in [7, 11) is 0. The third-order valence-electron chi connectivity index (χ3n) is 2.86. The molecule has 5 heteroatoms. The first-order valence-electron chi connectivity index (χ1n) is 5.75. The van der Waals surface area contributed by atoms with Crippen molar-refractivity contribution in [1.82, 2.24) is 15.4 Å². The van der Waals surface area contributed by atoms with Crippen LogP contribution in [0.5, 0.6) is 0 Å². The smallest absolute Gasteiger partial charge is 0.276 e.